The van der Waals surface area contributed by atoms with Crippen molar-refractivity contribution >= 4 is 21.9 Å². The van der Waals surface area contributed by atoms with Gasteiger partial charge in [-0.05, 0) is 0 Å². The molecule has 0 bridgehead atoms. The molecule has 17 heavy (non-hydrogen) atoms. The fraction of sp³-hybridized carbons (Fsp3) is 0.750. The maximum absolute atomic E-state index is 11.1. The molecular weight excluding hydrogens is 252 g/mol. The number of nitrogens with one attached hydrogen (secondary N) is 2. The Morgan fingerprint density at radius 2 is 1.94 bits per heavy atom. The van der Waals surface area contributed by atoms with Crippen molar-refractivity contribution in [1.29, 1.82) is 0 Å². The van der Waals surface area contributed by atoms with Crippen molar-refractivity contribution in [1.82, 2.24) is 10.0 Å². The summed E-state index contributed by atoms with van der Waals surface area (Å²) in [4.78, 5) is 21.3. The van der Waals surface area contributed by atoms with Crippen molar-refractivity contribution in [2.75, 3.05) is 32.6 Å². The smallest absolute Gasteiger partial charge is 0.320 e. The van der Waals surface area contributed by atoms with Crippen LogP contribution < -0.4 is 10.0 Å². The minimum Gasteiger partial charge on any atom is -0.480 e. The van der Waals surface area contributed by atoms with Gasteiger partial charge in [-0.2, -0.15) is 0 Å². The van der Waals surface area contributed by atoms with Gasteiger partial charge in [-0.25, -0.2) is 13.1 Å². The van der Waals surface area contributed by atoms with Gasteiger partial charge in [0.05, 0.1) is 6.61 Å². The predicted molar refractivity (Wildman–Crippen MR) is 58.9 cm³/mol. The van der Waals surface area contributed by atoms with Crippen LogP contribution in [-0.2, 0) is 24.3 Å². The van der Waals surface area contributed by atoms with Gasteiger partial charge in [0, 0.05) is 26.6 Å². The predicted octanol–water partition coefficient (Wildman–Crippen LogP) is -1.86. The van der Waals surface area contributed by atoms with Crippen LogP contribution in [0.15, 0.2) is 0 Å². The molecule has 0 rings (SSSR count). The molecule has 0 radical (unpaired) electrons. The van der Waals surface area contributed by atoms with E-state index in [9.17, 15) is 18.0 Å². The SMILES string of the molecule is COCCNC(=O)CCNS(=O)(=O)CC(=O)O. The number of rotatable bonds is 9. The van der Waals surface area contributed by atoms with Crippen LogP contribution in [0.25, 0.3) is 0 Å². The molecule has 0 aromatic heterocycles. The average Bonchev–Trinajstić information content (AvgIpc) is 2.15. The van der Waals surface area contributed by atoms with Crippen molar-refractivity contribution in [3.63, 3.8) is 0 Å². The second-order valence-corrected chi connectivity index (χ2v) is 4.95. The standard InChI is InChI=1S/C8H16N2O6S/c1-16-5-4-9-7(11)2-3-10-17(14,15)6-8(12)13/h10H,2-6H2,1H3,(H,9,11)(H,12,13). The van der Waals surface area contributed by atoms with Gasteiger partial charge in [0.1, 0.15) is 0 Å². The second kappa shape index (κ2) is 7.98. The maximum Gasteiger partial charge on any atom is 0.320 e. The molecule has 100 valence electrons. The number of carbonyl (C=O) groups excluding carboxylic acids is 1. The summed E-state index contributed by atoms with van der Waals surface area (Å²) in [7, 11) is -2.36. The number of aliphatic carboxylic acids is 1. The van der Waals surface area contributed by atoms with Gasteiger partial charge in [-0.3, -0.25) is 9.59 Å². The fourth-order valence-electron chi connectivity index (χ4n) is 0.915. The Hall–Kier alpha value is -1.19. The molecule has 0 saturated carbocycles. The summed E-state index contributed by atoms with van der Waals surface area (Å²) < 4.78 is 28.8. The number of amides is 1. The van der Waals surface area contributed by atoms with Crippen LogP contribution in [0, 0.1) is 0 Å². The number of carbonyl (C=O) groups is 2. The minimum absolute atomic E-state index is 0.0530. The number of carboxylic acids is 1. The van der Waals surface area contributed by atoms with Crippen molar-refractivity contribution in [3.8, 4) is 0 Å². The van der Waals surface area contributed by atoms with Crippen molar-refractivity contribution in [2.24, 2.45) is 0 Å². The molecule has 0 aliphatic heterocycles. The topological polar surface area (TPSA) is 122 Å². The highest BCUT2D eigenvalue weighted by molar-refractivity contribution is 7.90. The molecule has 0 spiro atoms. The van der Waals surface area contributed by atoms with E-state index in [1.54, 1.807) is 0 Å². The zero-order valence-corrected chi connectivity index (χ0v) is 10.2. The van der Waals surface area contributed by atoms with Crippen LogP contribution in [0.2, 0.25) is 0 Å². The summed E-state index contributed by atoms with van der Waals surface area (Å²) in [6.07, 6.45) is -0.0530. The van der Waals surface area contributed by atoms with Crippen LogP contribution in [0.4, 0.5) is 0 Å². The summed E-state index contributed by atoms with van der Waals surface area (Å²) in [6, 6.07) is 0. The van der Waals surface area contributed by atoms with E-state index in [1.165, 1.54) is 7.11 Å². The lowest BCUT2D eigenvalue weighted by molar-refractivity contribution is -0.134. The number of methoxy groups -OCH3 is 1. The number of carboxylic acid groups (broad SMARTS) is 1. The third-order valence-corrected chi connectivity index (χ3v) is 2.89. The lowest BCUT2D eigenvalue weighted by Crippen LogP contribution is -2.34. The molecule has 0 fully saturated rings. The van der Waals surface area contributed by atoms with Gasteiger partial charge in [-0.1, -0.05) is 0 Å². The van der Waals surface area contributed by atoms with E-state index in [2.05, 4.69) is 5.32 Å². The lowest BCUT2D eigenvalue weighted by atomic mass is 10.4. The molecule has 0 aliphatic carbocycles. The summed E-state index contributed by atoms with van der Waals surface area (Å²) in [5.74, 6) is -2.78. The van der Waals surface area contributed by atoms with Gasteiger partial charge in [0.2, 0.25) is 15.9 Å². The van der Waals surface area contributed by atoms with Crippen LogP contribution in [0.1, 0.15) is 6.42 Å². The molecule has 1 amide bonds. The van der Waals surface area contributed by atoms with Crippen LogP contribution in [0.3, 0.4) is 0 Å². The van der Waals surface area contributed by atoms with E-state index >= 15 is 0 Å². The van der Waals surface area contributed by atoms with Crippen LogP contribution in [0.5, 0.6) is 0 Å². The molecule has 9 heteroatoms. The summed E-state index contributed by atoms with van der Waals surface area (Å²) in [6.45, 7) is 0.585. The molecule has 0 aliphatic rings. The molecule has 0 aromatic carbocycles. The van der Waals surface area contributed by atoms with E-state index in [0.29, 0.717) is 13.2 Å². The van der Waals surface area contributed by atoms with E-state index in [-0.39, 0.29) is 18.9 Å². The first-order valence-corrected chi connectivity index (χ1v) is 6.47. The zero-order valence-electron chi connectivity index (χ0n) is 9.43. The van der Waals surface area contributed by atoms with E-state index < -0.39 is 21.7 Å². The molecule has 3 N–H and O–H groups in total. The molecule has 0 heterocycles. The normalized spacial score (nSPS) is 11.1. The number of hydrogen-bond acceptors (Lipinski definition) is 5. The Morgan fingerprint density at radius 3 is 2.47 bits per heavy atom. The Morgan fingerprint density at radius 1 is 1.29 bits per heavy atom. The van der Waals surface area contributed by atoms with Gasteiger partial charge in [0.15, 0.2) is 5.75 Å². The van der Waals surface area contributed by atoms with Crippen molar-refractivity contribution in [3.05, 3.63) is 0 Å². The minimum atomic E-state index is -3.86. The highest BCUT2D eigenvalue weighted by Gasteiger charge is 2.15. The van der Waals surface area contributed by atoms with Gasteiger partial charge >= 0.3 is 5.97 Å². The maximum atomic E-state index is 11.1. The van der Waals surface area contributed by atoms with E-state index in [4.69, 9.17) is 9.84 Å². The molecule has 0 aromatic rings. The molecule has 0 atom stereocenters. The van der Waals surface area contributed by atoms with Crippen LogP contribution >= 0.6 is 0 Å². The first-order chi connectivity index (χ1) is 7.87. The summed E-state index contributed by atoms with van der Waals surface area (Å²) in [5, 5.41) is 10.8. The second-order valence-electron chi connectivity index (χ2n) is 3.14. The van der Waals surface area contributed by atoms with E-state index in [1.807, 2.05) is 4.72 Å². The van der Waals surface area contributed by atoms with E-state index in [0.717, 1.165) is 0 Å². The number of hydrogen-bond donors (Lipinski definition) is 3. The number of ether oxygens (including phenoxy) is 1. The monoisotopic (exact) mass is 268 g/mol. The largest absolute Gasteiger partial charge is 0.480 e. The highest BCUT2D eigenvalue weighted by atomic mass is 32.2. The number of sulfonamides is 1. The summed E-state index contributed by atoms with van der Waals surface area (Å²) in [5.41, 5.74) is 0. The van der Waals surface area contributed by atoms with Gasteiger partial charge in [-0.15, -0.1) is 0 Å². The molecular formula is C8H16N2O6S. The van der Waals surface area contributed by atoms with Crippen LogP contribution in [-0.4, -0.2) is 58.0 Å². The zero-order chi connectivity index (χ0) is 13.3. The highest BCUT2D eigenvalue weighted by Crippen LogP contribution is 1.86. The average molecular weight is 268 g/mol. The Labute approximate surface area is 99.4 Å². The van der Waals surface area contributed by atoms with Gasteiger partial charge in [0.25, 0.3) is 0 Å². The summed E-state index contributed by atoms with van der Waals surface area (Å²) >= 11 is 0. The van der Waals surface area contributed by atoms with Gasteiger partial charge < -0.3 is 15.2 Å². The lowest BCUT2D eigenvalue weighted by Gasteiger charge is -2.05. The Balaban J connectivity index is 3.76. The first kappa shape index (κ1) is 15.8. The quantitative estimate of drug-likeness (QED) is 0.422. The third kappa shape index (κ3) is 9.72. The Bertz CT molecular complexity index is 353. The Kier molecular flexibility index (Phi) is 7.42. The molecule has 8 nitrogen and oxygen atoms in total. The van der Waals surface area contributed by atoms with Crippen molar-refractivity contribution < 1.29 is 27.9 Å². The van der Waals surface area contributed by atoms with Crippen molar-refractivity contribution in [2.45, 2.75) is 6.42 Å². The first-order valence-electron chi connectivity index (χ1n) is 4.82. The molecule has 0 saturated heterocycles. The third-order valence-electron chi connectivity index (χ3n) is 1.62. The fourth-order valence-corrected chi connectivity index (χ4v) is 1.75. The molecule has 0 unspecified atom stereocenters.